The highest BCUT2D eigenvalue weighted by Gasteiger charge is 2.24. The average Bonchev–Trinajstić information content (AvgIpc) is 3.13. The van der Waals surface area contributed by atoms with Crippen molar-refractivity contribution in [1.29, 1.82) is 0 Å². The van der Waals surface area contributed by atoms with E-state index in [4.69, 9.17) is 17.2 Å². The van der Waals surface area contributed by atoms with Crippen LogP contribution in [0.5, 0.6) is 0 Å². The average molecular weight is 426 g/mol. The van der Waals surface area contributed by atoms with Gasteiger partial charge in [0.25, 0.3) is 0 Å². The van der Waals surface area contributed by atoms with Crippen LogP contribution >= 0.6 is 11.3 Å². The van der Waals surface area contributed by atoms with Gasteiger partial charge in [-0.2, -0.15) is 0 Å². The second-order valence-electron chi connectivity index (χ2n) is 7.88. The van der Waals surface area contributed by atoms with E-state index in [1.165, 1.54) is 9.75 Å². The van der Waals surface area contributed by atoms with Gasteiger partial charge in [0.15, 0.2) is 0 Å². The first-order valence-electron chi connectivity index (χ1n) is 10.7. The number of amides is 2. The lowest BCUT2D eigenvalue weighted by atomic mass is 10.0. The van der Waals surface area contributed by atoms with E-state index < -0.39 is 12.1 Å². The van der Waals surface area contributed by atoms with E-state index in [1.54, 1.807) is 11.3 Å². The number of thiophene rings is 1. The van der Waals surface area contributed by atoms with Gasteiger partial charge in [-0.3, -0.25) is 9.59 Å². The lowest BCUT2D eigenvalue weighted by Gasteiger charge is -2.22. The molecular formula is C21H39N5O2S. The molecule has 0 aliphatic rings. The number of hydrogen-bond donors (Lipinski definition) is 5. The van der Waals surface area contributed by atoms with Crippen LogP contribution in [0.2, 0.25) is 0 Å². The van der Waals surface area contributed by atoms with E-state index in [2.05, 4.69) is 22.8 Å². The lowest BCUT2D eigenvalue weighted by Crippen LogP contribution is -2.52. The van der Waals surface area contributed by atoms with Gasteiger partial charge in [-0.05, 0) is 69.7 Å². The fourth-order valence-electron chi connectivity index (χ4n) is 3.02. The van der Waals surface area contributed by atoms with Crippen molar-refractivity contribution in [1.82, 2.24) is 10.6 Å². The molecule has 8 heteroatoms. The highest BCUT2D eigenvalue weighted by molar-refractivity contribution is 7.11. The Bertz CT molecular complexity index is 606. The zero-order chi connectivity index (χ0) is 21.6. The van der Waals surface area contributed by atoms with Gasteiger partial charge < -0.3 is 27.8 Å². The third-order valence-electron chi connectivity index (χ3n) is 4.66. The zero-order valence-electron chi connectivity index (χ0n) is 17.9. The number of carbonyl (C=O) groups excluding carboxylic acids is 2. The van der Waals surface area contributed by atoms with Gasteiger partial charge in [0, 0.05) is 16.3 Å². The number of aryl methyl sites for hydroxylation is 1. The second kappa shape index (κ2) is 14.5. The predicted octanol–water partition coefficient (Wildman–Crippen LogP) is 1.29. The van der Waals surface area contributed by atoms with Gasteiger partial charge in [0.2, 0.25) is 11.8 Å². The third kappa shape index (κ3) is 10.7. The molecule has 0 saturated carbocycles. The van der Waals surface area contributed by atoms with Crippen molar-refractivity contribution in [2.75, 3.05) is 19.6 Å². The minimum atomic E-state index is -0.609. The monoisotopic (exact) mass is 425 g/mol. The number of rotatable bonds is 15. The molecule has 166 valence electrons. The third-order valence-corrected chi connectivity index (χ3v) is 5.87. The van der Waals surface area contributed by atoms with Crippen LogP contribution in [0.3, 0.4) is 0 Å². The summed E-state index contributed by atoms with van der Waals surface area (Å²) in [5.74, 6) is -0.145. The molecule has 0 spiro atoms. The maximum atomic E-state index is 12.6. The van der Waals surface area contributed by atoms with Crippen LogP contribution in [0.1, 0.15) is 55.7 Å². The standard InChI is InChI=1S/C21H39N5O2S/c1-15(2)14-19(26-20(27)18(24)7-3-4-11-22)21(28)25-13-10-17-9-8-16(29-17)6-5-12-23/h8-9,15,18-19H,3-7,10-14,22-24H2,1-2H3,(H,25,28)(H,26,27)/t18-,19+/m1/s1. The fraction of sp³-hybridized carbons (Fsp3) is 0.714. The van der Waals surface area contributed by atoms with Gasteiger partial charge in [-0.15, -0.1) is 11.3 Å². The molecule has 1 rings (SSSR count). The highest BCUT2D eigenvalue weighted by Crippen LogP contribution is 2.18. The molecule has 2 amide bonds. The Morgan fingerprint density at radius 3 is 2.28 bits per heavy atom. The van der Waals surface area contributed by atoms with Crippen molar-refractivity contribution in [3.8, 4) is 0 Å². The molecular weight excluding hydrogens is 386 g/mol. The van der Waals surface area contributed by atoms with Crippen molar-refractivity contribution in [3.05, 3.63) is 21.9 Å². The minimum Gasteiger partial charge on any atom is -0.354 e. The van der Waals surface area contributed by atoms with E-state index in [0.29, 0.717) is 32.5 Å². The SMILES string of the molecule is CC(C)C[C@H](NC(=O)[C@H](N)CCCCN)C(=O)NCCc1ccc(CCCN)s1. The van der Waals surface area contributed by atoms with Crippen LogP contribution in [0.15, 0.2) is 12.1 Å². The van der Waals surface area contributed by atoms with Crippen molar-refractivity contribution >= 4 is 23.2 Å². The summed E-state index contributed by atoms with van der Waals surface area (Å²) in [5, 5.41) is 5.80. The Balaban J connectivity index is 2.49. The molecule has 1 aromatic heterocycles. The molecule has 0 aromatic carbocycles. The number of hydrogen-bond acceptors (Lipinski definition) is 6. The molecule has 0 aliphatic carbocycles. The van der Waals surface area contributed by atoms with Crippen molar-refractivity contribution < 1.29 is 9.59 Å². The lowest BCUT2D eigenvalue weighted by molar-refractivity contribution is -0.130. The predicted molar refractivity (Wildman–Crippen MR) is 121 cm³/mol. The Kier molecular flexibility index (Phi) is 12.8. The van der Waals surface area contributed by atoms with E-state index in [0.717, 1.165) is 32.1 Å². The van der Waals surface area contributed by atoms with Crippen LogP contribution in [-0.2, 0) is 22.4 Å². The van der Waals surface area contributed by atoms with Gasteiger partial charge in [0.1, 0.15) is 6.04 Å². The molecule has 1 heterocycles. The van der Waals surface area contributed by atoms with Crippen LogP contribution in [0.4, 0.5) is 0 Å². The summed E-state index contributed by atoms with van der Waals surface area (Å²) in [4.78, 5) is 27.6. The molecule has 0 aliphatic heterocycles. The normalized spacial score (nSPS) is 13.3. The molecule has 29 heavy (non-hydrogen) atoms. The quantitative estimate of drug-likeness (QED) is 0.270. The summed E-state index contributed by atoms with van der Waals surface area (Å²) in [5.41, 5.74) is 17.0. The first kappa shape index (κ1) is 25.6. The Labute approximate surface area is 179 Å². The topological polar surface area (TPSA) is 136 Å². The Morgan fingerprint density at radius 1 is 1.00 bits per heavy atom. The largest absolute Gasteiger partial charge is 0.354 e. The van der Waals surface area contributed by atoms with E-state index in [9.17, 15) is 9.59 Å². The second-order valence-corrected chi connectivity index (χ2v) is 9.14. The van der Waals surface area contributed by atoms with E-state index in [-0.39, 0.29) is 17.7 Å². The maximum absolute atomic E-state index is 12.6. The number of nitrogens with one attached hydrogen (secondary N) is 2. The Morgan fingerprint density at radius 2 is 1.66 bits per heavy atom. The van der Waals surface area contributed by atoms with Gasteiger partial charge >= 0.3 is 0 Å². The molecule has 0 bridgehead atoms. The smallest absolute Gasteiger partial charge is 0.242 e. The maximum Gasteiger partial charge on any atom is 0.242 e. The van der Waals surface area contributed by atoms with Crippen molar-refractivity contribution in [2.45, 2.75) is 70.9 Å². The summed E-state index contributed by atoms with van der Waals surface area (Å²) >= 11 is 1.77. The molecule has 8 N–H and O–H groups in total. The molecule has 0 unspecified atom stereocenters. The van der Waals surface area contributed by atoms with E-state index in [1.807, 2.05) is 13.8 Å². The summed E-state index contributed by atoms with van der Waals surface area (Å²) in [6.07, 6.45) is 5.57. The zero-order valence-corrected chi connectivity index (χ0v) is 18.7. The number of carbonyl (C=O) groups is 2. The van der Waals surface area contributed by atoms with Crippen LogP contribution in [0, 0.1) is 5.92 Å². The molecule has 0 radical (unpaired) electrons. The molecule has 7 nitrogen and oxygen atoms in total. The van der Waals surface area contributed by atoms with Crippen LogP contribution in [-0.4, -0.2) is 43.5 Å². The summed E-state index contributed by atoms with van der Waals surface area (Å²) in [6.45, 7) is 5.89. The van der Waals surface area contributed by atoms with E-state index >= 15 is 0 Å². The van der Waals surface area contributed by atoms with Gasteiger partial charge in [-0.1, -0.05) is 20.3 Å². The molecule has 0 saturated heterocycles. The van der Waals surface area contributed by atoms with Crippen LogP contribution in [0.25, 0.3) is 0 Å². The fourth-order valence-corrected chi connectivity index (χ4v) is 4.08. The van der Waals surface area contributed by atoms with Crippen molar-refractivity contribution in [2.24, 2.45) is 23.1 Å². The number of nitrogens with two attached hydrogens (primary N) is 3. The first-order valence-corrected chi connectivity index (χ1v) is 11.5. The summed E-state index contributed by atoms with van der Waals surface area (Å²) in [7, 11) is 0. The number of unbranched alkanes of at least 4 members (excludes halogenated alkanes) is 1. The van der Waals surface area contributed by atoms with Gasteiger partial charge in [-0.25, -0.2) is 0 Å². The molecule has 0 fully saturated rings. The Hall–Kier alpha value is -1.48. The highest BCUT2D eigenvalue weighted by atomic mass is 32.1. The van der Waals surface area contributed by atoms with Crippen molar-refractivity contribution in [3.63, 3.8) is 0 Å². The molecule has 2 atom stereocenters. The van der Waals surface area contributed by atoms with Crippen LogP contribution < -0.4 is 27.8 Å². The minimum absolute atomic E-state index is 0.152. The summed E-state index contributed by atoms with van der Waals surface area (Å²) < 4.78 is 0. The summed E-state index contributed by atoms with van der Waals surface area (Å²) in [6, 6.07) is 3.07. The first-order chi connectivity index (χ1) is 13.9. The molecule has 1 aromatic rings. The van der Waals surface area contributed by atoms with Gasteiger partial charge in [0.05, 0.1) is 6.04 Å².